The molecule has 0 aromatic rings. The predicted molar refractivity (Wildman–Crippen MR) is 77.0 cm³/mol. The van der Waals surface area contributed by atoms with Gasteiger partial charge in [0.2, 0.25) is 5.91 Å². The van der Waals surface area contributed by atoms with Crippen LogP contribution in [0.1, 0.15) is 33.1 Å². The Kier molecular flexibility index (Phi) is 7.34. The second-order valence-electron chi connectivity index (χ2n) is 5.52. The molecule has 0 atom stereocenters. The fourth-order valence-electron chi connectivity index (χ4n) is 2.38. The molecule has 3 N–H and O–H groups in total. The fraction of sp³-hybridized carbons (Fsp3) is 0.929. The molecule has 1 amide bonds. The van der Waals surface area contributed by atoms with Gasteiger partial charge in [0.1, 0.15) is 0 Å². The lowest BCUT2D eigenvalue weighted by Gasteiger charge is -2.30. The van der Waals surface area contributed by atoms with Crippen molar-refractivity contribution in [1.82, 2.24) is 15.5 Å². The molecular weight excluding hydrogens is 242 g/mol. The van der Waals surface area contributed by atoms with Gasteiger partial charge in [-0.1, -0.05) is 13.8 Å². The number of amides is 1. The molecule has 5 nitrogen and oxygen atoms in total. The minimum atomic E-state index is -0.157. The maximum absolute atomic E-state index is 12.0. The van der Waals surface area contributed by atoms with Crippen molar-refractivity contribution in [3.05, 3.63) is 0 Å². The van der Waals surface area contributed by atoms with E-state index in [0.717, 1.165) is 45.4 Å². The molecule has 1 rings (SSSR count). The number of aliphatic hydroxyl groups excluding tert-OH is 1. The Morgan fingerprint density at radius 2 is 2.05 bits per heavy atom. The molecule has 0 spiro atoms. The van der Waals surface area contributed by atoms with Crippen molar-refractivity contribution in [2.75, 3.05) is 45.9 Å². The molecule has 0 aliphatic carbocycles. The Balaban J connectivity index is 2.33. The number of nitrogens with zero attached hydrogens (tertiary/aromatic N) is 1. The van der Waals surface area contributed by atoms with Crippen molar-refractivity contribution in [2.45, 2.75) is 33.1 Å². The highest BCUT2D eigenvalue weighted by Crippen LogP contribution is 2.24. The normalized spacial score (nSPS) is 18.1. The quantitative estimate of drug-likeness (QED) is 0.619. The molecule has 0 saturated carbocycles. The first-order chi connectivity index (χ1) is 9.15. The molecule has 1 aliphatic rings. The summed E-state index contributed by atoms with van der Waals surface area (Å²) in [4.78, 5) is 14.2. The average Bonchev–Trinajstić information content (AvgIpc) is 2.70. The third-order valence-electron chi connectivity index (χ3n) is 4.30. The molecule has 1 heterocycles. The minimum Gasteiger partial charge on any atom is -0.396 e. The molecule has 0 aromatic carbocycles. The summed E-state index contributed by atoms with van der Waals surface area (Å²) in [6.07, 6.45) is 2.86. The Labute approximate surface area is 116 Å². The molecule has 5 heteroatoms. The van der Waals surface area contributed by atoms with Gasteiger partial charge in [0.15, 0.2) is 0 Å². The summed E-state index contributed by atoms with van der Waals surface area (Å²) < 4.78 is 0. The maximum Gasteiger partial charge on any atom is 0.234 e. The minimum absolute atomic E-state index is 0.0709. The number of carbonyl (C=O) groups excluding carboxylic acids is 1. The van der Waals surface area contributed by atoms with Crippen molar-refractivity contribution in [1.29, 1.82) is 0 Å². The van der Waals surface area contributed by atoms with Gasteiger partial charge in [-0.05, 0) is 32.4 Å². The molecule has 0 bridgehead atoms. The van der Waals surface area contributed by atoms with E-state index in [2.05, 4.69) is 29.4 Å². The number of hydrogen-bond donors (Lipinski definition) is 3. The van der Waals surface area contributed by atoms with Crippen molar-refractivity contribution in [3.63, 3.8) is 0 Å². The molecule has 1 aliphatic heterocycles. The number of nitrogens with one attached hydrogen (secondary N) is 2. The zero-order chi connectivity index (χ0) is 14.1. The lowest BCUT2D eigenvalue weighted by Crippen LogP contribution is -2.44. The van der Waals surface area contributed by atoms with Gasteiger partial charge in [-0.3, -0.25) is 9.69 Å². The molecule has 112 valence electrons. The van der Waals surface area contributed by atoms with Gasteiger partial charge in [-0.25, -0.2) is 0 Å². The smallest absolute Gasteiger partial charge is 0.234 e. The molecular formula is C14H29N3O2. The first-order valence-electron chi connectivity index (χ1n) is 7.46. The van der Waals surface area contributed by atoms with Crippen LogP contribution in [0.4, 0.5) is 0 Å². The summed E-state index contributed by atoms with van der Waals surface area (Å²) in [5.74, 6) is 0.0709. The predicted octanol–water partition coefficient (Wildman–Crippen LogP) is 0.197. The van der Waals surface area contributed by atoms with E-state index in [-0.39, 0.29) is 17.9 Å². The lowest BCUT2D eigenvalue weighted by atomic mass is 9.83. The van der Waals surface area contributed by atoms with Crippen LogP contribution in [0.15, 0.2) is 0 Å². The summed E-state index contributed by atoms with van der Waals surface area (Å²) in [7, 11) is 0. The van der Waals surface area contributed by atoms with E-state index in [1.54, 1.807) is 0 Å². The zero-order valence-electron chi connectivity index (χ0n) is 12.4. The molecule has 1 fully saturated rings. The van der Waals surface area contributed by atoms with E-state index in [0.29, 0.717) is 13.1 Å². The van der Waals surface area contributed by atoms with Crippen LogP contribution in [0.25, 0.3) is 0 Å². The van der Waals surface area contributed by atoms with E-state index < -0.39 is 0 Å². The SMILES string of the molecule is CCC(CC)(CO)CNC(=O)CN1CCCNCC1. The van der Waals surface area contributed by atoms with Crippen LogP contribution in [-0.4, -0.2) is 61.8 Å². The van der Waals surface area contributed by atoms with Gasteiger partial charge in [-0.15, -0.1) is 0 Å². The summed E-state index contributed by atoms with van der Waals surface area (Å²) in [5, 5.41) is 15.8. The summed E-state index contributed by atoms with van der Waals surface area (Å²) in [6.45, 7) is 9.20. The van der Waals surface area contributed by atoms with Crippen LogP contribution in [0.3, 0.4) is 0 Å². The van der Waals surface area contributed by atoms with Gasteiger partial charge < -0.3 is 15.7 Å². The maximum atomic E-state index is 12.0. The fourth-order valence-corrected chi connectivity index (χ4v) is 2.38. The van der Waals surface area contributed by atoms with E-state index in [9.17, 15) is 9.90 Å². The summed E-state index contributed by atoms with van der Waals surface area (Å²) >= 11 is 0. The number of aliphatic hydroxyl groups is 1. The van der Waals surface area contributed by atoms with Crippen molar-refractivity contribution in [2.24, 2.45) is 5.41 Å². The number of carbonyl (C=O) groups is 1. The first kappa shape index (κ1) is 16.4. The number of rotatable bonds is 7. The van der Waals surface area contributed by atoms with Gasteiger partial charge in [0.05, 0.1) is 13.2 Å². The van der Waals surface area contributed by atoms with Crippen LogP contribution < -0.4 is 10.6 Å². The summed E-state index contributed by atoms with van der Waals surface area (Å²) in [6, 6.07) is 0. The molecule has 0 unspecified atom stereocenters. The second-order valence-corrected chi connectivity index (χ2v) is 5.52. The topological polar surface area (TPSA) is 64.6 Å². The third kappa shape index (κ3) is 5.47. The molecule has 19 heavy (non-hydrogen) atoms. The van der Waals surface area contributed by atoms with Crippen LogP contribution in [0, 0.1) is 5.41 Å². The van der Waals surface area contributed by atoms with Gasteiger partial charge in [-0.2, -0.15) is 0 Å². The van der Waals surface area contributed by atoms with Crippen molar-refractivity contribution in [3.8, 4) is 0 Å². The average molecular weight is 271 g/mol. The van der Waals surface area contributed by atoms with Crippen LogP contribution >= 0.6 is 0 Å². The third-order valence-corrected chi connectivity index (χ3v) is 4.30. The monoisotopic (exact) mass is 271 g/mol. The Bertz CT molecular complexity index is 251. The van der Waals surface area contributed by atoms with Gasteiger partial charge in [0.25, 0.3) is 0 Å². The van der Waals surface area contributed by atoms with Gasteiger partial charge >= 0.3 is 0 Å². The zero-order valence-corrected chi connectivity index (χ0v) is 12.4. The van der Waals surface area contributed by atoms with Crippen molar-refractivity contribution >= 4 is 5.91 Å². The van der Waals surface area contributed by atoms with E-state index >= 15 is 0 Å². The van der Waals surface area contributed by atoms with E-state index in [4.69, 9.17) is 0 Å². The van der Waals surface area contributed by atoms with E-state index in [1.165, 1.54) is 0 Å². The van der Waals surface area contributed by atoms with Crippen molar-refractivity contribution < 1.29 is 9.90 Å². The van der Waals surface area contributed by atoms with Crippen LogP contribution in [0.2, 0.25) is 0 Å². The Morgan fingerprint density at radius 1 is 1.32 bits per heavy atom. The Morgan fingerprint density at radius 3 is 2.68 bits per heavy atom. The Hall–Kier alpha value is -0.650. The highest BCUT2D eigenvalue weighted by atomic mass is 16.3. The van der Waals surface area contributed by atoms with Gasteiger partial charge in [0, 0.05) is 25.0 Å². The first-order valence-corrected chi connectivity index (χ1v) is 7.46. The highest BCUT2D eigenvalue weighted by Gasteiger charge is 2.26. The van der Waals surface area contributed by atoms with E-state index in [1.807, 2.05) is 0 Å². The standard InChI is InChI=1S/C14H29N3O2/c1-3-14(4-2,12-18)11-16-13(19)10-17-8-5-6-15-7-9-17/h15,18H,3-12H2,1-2H3,(H,16,19). The number of hydrogen-bond acceptors (Lipinski definition) is 4. The van der Waals surface area contributed by atoms with Crippen LogP contribution in [-0.2, 0) is 4.79 Å². The molecule has 0 aromatic heterocycles. The second kappa shape index (κ2) is 8.51. The lowest BCUT2D eigenvalue weighted by molar-refractivity contribution is -0.122. The largest absolute Gasteiger partial charge is 0.396 e. The molecule has 0 radical (unpaired) electrons. The van der Waals surface area contributed by atoms with Crippen LogP contribution in [0.5, 0.6) is 0 Å². The molecule has 1 saturated heterocycles. The highest BCUT2D eigenvalue weighted by molar-refractivity contribution is 5.78. The summed E-state index contributed by atoms with van der Waals surface area (Å²) in [5.41, 5.74) is -0.157.